The van der Waals surface area contributed by atoms with Crippen molar-refractivity contribution in [1.82, 2.24) is 0 Å². The first-order chi connectivity index (χ1) is 14.1. The van der Waals surface area contributed by atoms with Crippen molar-refractivity contribution >= 4 is 27.3 Å². The van der Waals surface area contributed by atoms with Gasteiger partial charge in [0.15, 0.2) is 0 Å². The molecule has 8 heteroatoms. The number of carbonyl (C=O) groups excluding carboxylic acids is 1. The van der Waals surface area contributed by atoms with Gasteiger partial charge in [-0.2, -0.15) is 0 Å². The molecule has 3 rings (SSSR count). The summed E-state index contributed by atoms with van der Waals surface area (Å²) in [6.07, 6.45) is 0. The molecule has 0 aliphatic heterocycles. The first-order valence-corrected chi connectivity index (χ1v) is 10.5. The molecule has 2 N–H and O–H groups in total. The van der Waals surface area contributed by atoms with Gasteiger partial charge in [0, 0.05) is 5.56 Å². The molecule has 30 heavy (non-hydrogen) atoms. The van der Waals surface area contributed by atoms with Crippen molar-refractivity contribution in [1.29, 1.82) is 0 Å². The van der Waals surface area contributed by atoms with E-state index < -0.39 is 33.3 Å². The van der Waals surface area contributed by atoms with E-state index in [1.807, 2.05) is 13.0 Å². The van der Waals surface area contributed by atoms with Crippen LogP contribution >= 0.6 is 0 Å². The first-order valence-electron chi connectivity index (χ1n) is 9.04. The maximum atomic E-state index is 13.8. The number of nitrogens with one attached hydrogen (secondary N) is 2. The lowest BCUT2D eigenvalue weighted by atomic mass is 10.1. The topological polar surface area (TPSA) is 75.3 Å². The van der Waals surface area contributed by atoms with Crippen LogP contribution in [0.2, 0.25) is 0 Å². The predicted molar refractivity (Wildman–Crippen MR) is 112 cm³/mol. The molecule has 0 radical (unpaired) electrons. The SMILES string of the molecule is Cc1ccc(NS(=O)(=O)c2cc(C(=O)Nc3c(F)cccc3F)ccc2C)c(C)c1. The highest BCUT2D eigenvalue weighted by Gasteiger charge is 2.21. The van der Waals surface area contributed by atoms with Crippen LogP contribution in [0.15, 0.2) is 59.5 Å². The lowest BCUT2D eigenvalue weighted by molar-refractivity contribution is 0.102. The highest BCUT2D eigenvalue weighted by atomic mass is 32.2. The third kappa shape index (κ3) is 4.49. The summed E-state index contributed by atoms with van der Waals surface area (Å²) >= 11 is 0. The van der Waals surface area contributed by atoms with Crippen LogP contribution in [0.4, 0.5) is 20.2 Å². The number of anilines is 2. The van der Waals surface area contributed by atoms with Crippen LogP contribution in [0.3, 0.4) is 0 Å². The number of amides is 1. The van der Waals surface area contributed by atoms with Crippen molar-refractivity contribution in [2.75, 3.05) is 10.0 Å². The van der Waals surface area contributed by atoms with Crippen molar-refractivity contribution < 1.29 is 22.0 Å². The monoisotopic (exact) mass is 430 g/mol. The van der Waals surface area contributed by atoms with Crippen LogP contribution in [0.5, 0.6) is 0 Å². The number of benzene rings is 3. The molecule has 5 nitrogen and oxygen atoms in total. The zero-order valence-corrected chi connectivity index (χ0v) is 17.4. The van der Waals surface area contributed by atoms with E-state index >= 15 is 0 Å². The van der Waals surface area contributed by atoms with Gasteiger partial charge in [0.05, 0.1) is 10.6 Å². The zero-order valence-electron chi connectivity index (χ0n) is 16.6. The number of carbonyl (C=O) groups is 1. The Morgan fingerprint density at radius 1 is 0.867 bits per heavy atom. The summed E-state index contributed by atoms with van der Waals surface area (Å²) in [6.45, 7) is 5.27. The number of sulfonamides is 1. The molecule has 0 fully saturated rings. The zero-order chi connectivity index (χ0) is 22.1. The van der Waals surface area contributed by atoms with E-state index in [1.54, 1.807) is 26.0 Å². The maximum absolute atomic E-state index is 13.8. The Hall–Kier alpha value is -3.26. The fourth-order valence-corrected chi connectivity index (χ4v) is 4.36. The minimum Gasteiger partial charge on any atom is -0.317 e. The molecule has 0 aliphatic rings. The van der Waals surface area contributed by atoms with Gasteiger partial charge in [-0.05, 0) is 62.2 Å². The van der Waals surface area contributed by atoms with Gasteiger partial charge in [-0.3, -0.25) is 9.52 Å². The lowest BCUT2D eigenvalue weighted by Gasteiger charge is -2.14. The van der Waals surface area contributed by atoms with E-state index in [-0.39, 0.29) is 10.5 Å². The molecule has 1 amide bonds. The Morgan fingerprint density at radius 2 is 1.53 bits per heavy atom. The molecule has 0 atom stereocenters. The summed E-state index contributed by atoms with van der Waals surface area (Å²) in [5.41, 5.74) is 1.93. The van der Waals surface area contributed by atoms with Gasteiger partial charge < -0.3 is 5.32 Å². The predicted octanol–water partition coefficient (Wildman–Crippen LogP) is 4.94. The average molecular weight is 430 g/mol. The molecule has 0 saturated carbocycles. The van der Waals surface area contributed by atoms with Crippen molar-refractivity contribution in [3.8, 4) is 0 Å². The Bertz CT molecular complexity index is 1220. The molecule has 156 valence electrons. The van der Waals surface area contributed by atoms with E-state index in [9.17, 15) is 22.0 Å². The summed E-state index contributed by atoms with van der Waals surface area (Å²) in [6, 6.07) is 12.5. The highest BCUT2D eigenvalue weighted by molar-refractivity contribution is 7.92. The van der Waals surface area contributed by atoms with E-state index in [0.717, 1.165) is 23.3 Å². The largest absolute Gasteiger partial charge is 0.317 e. The van der Waals surface area contributed by atoms with Gasteiger partial charge in [-0.15, -0.1) is 0 Å². The standard InChI is InChI=1S/C22H20F2N2O3S/c1-13-7-10-19(15(3)11-13)26-30(28,29)20-12-16(9-8-14(20)2)22(27)25-21-17(23)5-4-6-18(21)24/h4-12,26H,1-3H3,(H,25,27). The van der Waals surface area contributed by atoms with Crippen molar-refractivity contribution in [3.05, 3.63) is 88.5 Å². The Morgan fingerprint density at radius 3 is 2.17 bits per heavy atom. The second-order valence-corrected chi connectivity index (χ2v) is 8.61. The smallest absolute Gasteiger partial charge is 0.262 e. The normalized spacial score (nSPS) is 11.2. The van der Waals surface area contributed by atoms with Crippen LogP contribution in [0, 0.1) is 32.4 Å². The van der Waals surface area contributed by atoms with Crippen LogP contribution < -0.4 is 10.0 Å². The molecule has 0 heterocycles. The Balaban J connectivity index is 1.93. The van der Waals surface area contributed by atoms with Crippen LogP contribution in [-0.4, -0.2) is 14.3 Å². The molecule has 0 unspecified atom stereocenters. The molecule has 0 spiro atoms. The van der Waals surface area contributed by atoms with E-state index in [0.29, 0.717) is 11.3 Å². The third-order valence-electron chi connectivity index (χ3n) is 4.57. The second-order valence-electron chi connectivity index (χ2n) is 6.95. The van der Waals surface area contributed by atoms with Gasteiger partial charge in [-0.25, -0.2) is 17.2 Å². The molecule has 0 aliphatic carbocycles. The molecule has 3 aromatic carbocycles. The number of para-hydroxylation sites is 1. The van der Waals surface area contributed by atoms with E-state index in [2.05, 4.69) is 10.0 Å². The Kier molecular flexibility index (Phi) is 5.89. The number of rotatable bonds is 5. The summed E-state index contributed by atoms with van der Waals surface area (Å²) in [5.74, 6) is -2.69. The summed E-state index contributed by atoms with van der Waals surface area (Å²) in [4.78, 5) is 12.4. The molecular formula is C22H20F2N2O3S. The molecular weight excluding hydrogens is 410 g/mol. The average Bonchev–Trinajstić information content (AvgIpc) is 2.67. The van der Waals surface area contributed by atoms with Crippen LogP contribution in [0.1, 0.15) is 27.0 Å². The second kappa shape index (κ2) is 8.23. The third-order valence-corrected chi connectivity index (χ3v) is 6.07. The van der Waals surface area contributed by atoms with Gasteiger partial charge in [0.25, 0.3) is 15.9 Å². The lowest BCUT2D eigenvalue weighted by Crippen LogP contribution is -2.18. The van der Waals surface area contributed by atoms with Crippen molar-refractivity contribution in [3.63, 3.8) is 0 Å². The fraction of sp³-hybridized carbons (Fsp3) is 0.136. The van der Waals surface area contributed by atoms with Gasteiger partial charge in [0.1, 0.15) is 17.3 Å². The summed E-state index contributed by atoms with van der Waals surface area (Å²) in [5, 5.41) is 2.15. The first kappa shape index (κ1) is 21.4. The molecule has 0 bridgehead atoms. The van der Waals surface area contributed by atoms with Crippen molar-refractivity contribution in [2.45, 2.75) is 25.7 Å². The van der Waals surface area contributed by atoms with Gasteiger partial charge >= 0.3 is 0 Å². The molecule has 0 saturated heterocycles. The minimum atomic E-state index is -4.00. The number of halogens is 2. The van der Waals surface area contributed by atoms with Gasteiger partial charge in [-0.1, -0.05) is 29.8 Å². The fourth-order valence-electron chi connectivity index (χ4n) is 2.96. The van der Waals surface area contributed by atoms with E-state index in [1.165, 1.54) is 24.3 Å². The number of hydrogen-bond acceptors (Lipinski definition) is 3. The summed E-state index contributed by atoms with van der Waals surface area (Å²) < 4.78 is 56.0. The van der Waals surface area contributed by atoms with E-state index in [4.69, 9.17) is 0 Å². The molecule has 0 aromatic heterocycles. The van der Waals surface area contributed by atoms with Crippen molar-refractivity contribution in [2.24, 2.45) is 0 Å². The Labute approximate surface area is 173 Å². The number of aryl methyl sites for hydroxylation is 3. The molecule has 3 aromatic rings. The van der Waals surface area contributed by atoms with Crippen LogP contribution in [-0.2, 0) is 10.0 Å². The minimum absolute atomic E-state index is 0.0516. The van der Waals surface area contributed by atoms with Gasteiger partial charge in [0.2, 0.25) is 0 Å². The maximum Gasteiger partial charge on any atom is 0.262 e. The number of hydrogen-bond donors (Lipinski definition) is 2. The quantitative estimate of drug-likeness (QED) is 0.602. The summed E-state index contributed by atoms with van der Waals surface area (Å²) in [7, 11) is -4.00. The van der Waals surface area contributed by atoms with Crippen LogP contribution in [0.25, 0.3) is 0 Å². The highest BCUT2D eigenvalue weighted by Crippen LogP contribution is 2.25.